The second-order valence-corrected chi connectivity index (χ2v) is 6.41. The topological polar surface area (TPSA) is 85.8 Å². The van der Waals surface area contributed by atoms with Crippen molar-refractivity contribution < 1.29 is 4.79 Å². The highest BCUT2D eigenvalue weighted by atomic mass is 35.5. The van der Waals surface area contributed by atoms with E-state index in [4.69, 9.17) is 5.73 Å². The molecule has 1 fully saturated rings. The predicted molar refractivity (Wildman–Crippen MR) is 104 cm³/mol. The van der Waals surface area contributed by atoms with E-state index in [1.165, 1.54) is 0 Å². The van der Waals surface area contributed by atoms with Gasteiger partial charge in [0.2, 0.25) is 5.91 Å². The number of carbonyl (C=O) groups excluding carboxylic acids is 1. The van der Waals surface area contributed by atoms with E-state index in [0.29, 0.717) is 5.69 Å². The fraction of sp³-hybridized carbons (Fsp3) is 0.471. The predicted octanol–water partition coefficient (Wildman–Crippen LogP) is 3.33. The van der Waals surface area contributed by atoms with E-state index < -0.39 is 5.54 Å². The van der Waals surface area contributed by atoms with Crippen LogP contribution in [0.5, 0.6) is 0 Å². The zero-order valence-corrected chi connectivity index (χ0v) is 16.1. The average Bonchev–Trinajstić information content (AvgIpc) is 2.87. The summed E-state index contributed by atoms with van der Waals surface area (Å²) in [6.45, 7) is 3.93. The molecule has 0 unspecified atom stereocenters. The van der Waals surface area contributed by atoms with Gasteiger partial charge in [-0.25, -0.2) is 9.67 Å². The van der Waals surface area contributed by atoms with Crippen LogP contribution in [0.3, 0.4) is 0 Å². The monoisotopic (exact) mass is 385 g/mol. The van der Waals surface area contributed by atoms with Gasteiger partial charge in [-0.1, -0.05) is 19.3 Å². The molecule has 2 aromatic rings. The van der Waals surface area contributed by atoms with Crippen molar-refractivity contribution >= 4 is 36.4 Å². The zero-order valence-electron chi connectivity index (χ0n) is 14.5. The van der Waals surface area contributed by atoms with Crippen molar-refractivity contribution in [3.63, 3.8) is 0 Å². The number of halogens is 2. The summed E-state index contributed by atoms with van der Waals surface area (Å²) in [6.07, 6.45) is 6.32. The van der Waals surface area contributed by atoms with Gasteiger partial charge in [0.15, 0.2) is 5.82 Å². The van der Waals surface area contributed by atoms with Gasteiger partial charge < -0.3 is 11.1 Å². The maximum atomic E-state index is 12.4. The van der Waals surface area contributed by atoms with E-state index in [-0.39, 0.29) is 30.7 Å². The molecule has 138 valence electrons. The maximum absolute atomic E-state index is 12.4. The molecule has 1 saturated carbocycles. The first-order valence-corrected chi connectivity index (χ1v) is 8.08. The molecule has 0 spiro atoms. The number of hydrogen-bond donors (Lipinski definition) is 2. The lowest BCUT2D eigenvalue weighted by Gasteiger charge is -2.31. The van der Waals surface area contributed by atoms with E-state index in [0.717, 1.165) is 49.3 Å². The van der Waals surface area contributed by atoms with Crippen LogP contribution in [-0.4, -0.2) is 26.2 Å². The van der Waals surface area contributed by atoms with Crippen molar-refractivity contribution in [1.82, 2.24) is 14.8 Å². The minimum absolute atomic E-state index is 0. The summed E-state index contributed by atoms with van der Waals surface area (Å²) in [4.78, 5) is 16.8. The van der Waals surface area contributed by atoms with Crippen molar-refractivity contribution in [1.29, 1.82) is 0 Å². The Labute approximate surface area is 160 Å². The number of pyridine rings is 1. The molecule has 1 aliphatic rings. The highest BCUT2D eigenvalue weighted by molar-refractivity contribution is 5.97. The molecule has 2 heterocycles. The van der Waals surface area contributed by atoms with Gasteiger partial charge in [0.25, 0.3) is 0 Å². The molecule has 0 aromatic carbocycles. The summed E-state index contributed by atoms with van der Waals surface area (Å²) < 4.78 is 1.78. The number of hydrogen-bond acceptors (Lipinski definition) is 4. The van der Waals surface area contributed by atoms with Crippen molar-refractivity contribution in [2.75, 3.05) is 5.32 Å². The molecule has 1 amide bonds. The number of nitrogens with zero attached hydrogens (tertiary/aromatic N) is 3. The molecule has 2 aromatic heterocycles. The number of nitrogens with two attached hydrogens (primary N) is 1. The molecule has 3 rings (SSSR count). The highest BCUT2D eigenvalue weighted by Crippen LogP contribution is 2.27. The number of rotatable bonds is 3. The maximum Gasteiger partial charge on any atom is 0.244 e. The van der Waals surface area contributed by atoms with E-state index in [1.807, 2.05) is 32.0 Å². The van der Waals surface area contributed by atoms with Gasteiger partial charge >= 0.3 is 0 Å². The Morgan fingerprint density at radius 2 is 1.88 bits per heavy atom. The Morgan fingerprint density at radius 1 is 1.20 bits per heavy atom. The molecule has 1 aliphatic carbocycles. The van der Waals surface area contributed by atoms with Crippen LogP contribution in [0.4, 0.5) is 5.69 Å². The largest absolute Gasteiger partial charge is 0.323 e. The second-order valence-electron chi connectivity index (χ2n) is 6.41. The van der Waals surface area contributed by atoms with Crippen LogP contribution >= 0.6 is 24.8 Å². The highest BCUT2D eigenvalue weighted by Gasteiger charge is 2.35. The summed E-state index contributed by atoms with van der Waals surface area (Å²) in [6, 6.07) is 5.68. The quantitative estimate of drug-likeness (QED) is 0.847. The normalized spacial score (nSPS) is 15.6. The molecule has 0 saturated heterocycles. The molecule has 0 radical (unpaired) electrons. The Kier molecular flexibility index (Phi) is 7.41. The van der Waals surface area contributed by atoms with Gasteiger partial charge in [-0.2, -0.15) is 5.10 Å². The smallest absolute Gasteiger partial charge is 0.244 e. The number of amides is 1. The number of carbonyl (C=O) groups is 1. The van der Waals surface area contributed by atoms with Crippen LogP contribution in [0.2, 0.25) is 0 Å². The Hall–Kier alpha value is -1.63. The van der Waals surface area contributed by atoms with Gasteiger partial charge in [0.1, 0.15) is 0 Å². The number of nitrogens with one attached hydrogen (secondary N) is 1. The number of anilines is 1. The van der Waals surface area contributed by atoms with Crippen LogP contribution in [0.15, 0.2) is 24.4 Å². The van der Waals surface area contributed by atoms with Crippen molar-refractivity contribution in [2.24, 2.45) is 5.73 Å². The van der Waals surface area contributed by atoms with Crippen molar-refractivity contribution in [3.8, 4) is 5.82 Å². The molecule has 0 atom stereocenters. The van der Waals surface area contributed by atoms with E-state index in [9.17, 15) is 4.79 Å². The van der Waals surface area contributed by atoms with Crippen molar-refractivity contribution in [2.45, 2.75) is 51.5 Å². The molecule has 0 aliphatic heterocycles. The Bertz CT molecular complexity index is 708. The molecule has 8 heteroatoms. The third-order valence-electron chi connectivity index (χ3n) is 4.43. The number of aromatic nitrogens is 3. The van der Waals surface area contributed by atoms with Crippen LogP contribution < -0.4 is 11.1 Å². The molecule has 0 bridgehead atoms. The molecular formula is C17H25Cl2N5O. The van der Waals surface area contributed by atoms with Gasteiger partial charge in [0.05, 0.1) is 23.1 Å². The lowest BCUT2D eigenvalue weighted by atomic mass is 9.82. The van der Waals surface area contributed by atoms with Gasteiger partial charge in [-0.3, -0.25) is 4.79 Å². The van der Waals surface area contributed by atoms with Gasteiger partial charge in [0, 0.05) is 5.69 Å². The lowest BCUT2D eigenvalue weighted by molar-refractivity contribution is -0.122. The Balaban J connectivity index is 0.00000156. The molecule has 3 N–H and O–H groups in total. The summed E-state index contributed by atoms with van der Waals surface area (Å²) in [5.74, 6) is 0.617. The van der Waals surface area contributed by atoms with E-state index >= 15 is 0 Å². The van der Waals surface area contributed by atoms with Crippen LogP contribution in [0, 0.1) is 13.8 Å². The first kappa shape index (κ1) is 21.4. The third-order valence-corrected chi connectivity index (χ3v) is 4.43. The fourth-order valence-corrected chi connectivity index (χ4v) is 3.11. The van der Waals surface area contributed by atoms with E-state index in [1.54, 1.807) is 10.9 Å². The Morgan fingerprint density at radius 3 is 2.40 bits per heavy atom. The lowest BCUT2D eigenvalue weighted by Crippen LogP contribution is -2.52. The summed E-state index contributed by atoms with van der Waals surface area (Å²) in [7, 11) is 0. The van der Waals surface area contributed by atoms with Gasteiger partial charge in [-0.05, 0) is 44.9 Å². The summed E-state index contributed by atoms with van der Waals surface area (Å²) in [5.41, 5.74) is 8.14. The minimum atomic E-state index is -0.743. The van der Waals surface area contributed by atoms with Gasteiger partial charge in [-0.15, -0.1) is 24.8 Å². The summed E-state index contributed by atoms with van der Waals surface area (Å²) in [5, 5.41) is 7.30. The third kappa shape index (κ3) is 4.71. The molecular weight excluding hydrogens is 361 g/mol. The SMILES string of the molecule is Cc1cc(C)n(-c2ccc(NC(=O)C3(N)CCCCC3)cn2)n1.Cl.Cl. The average molecular weight is 386 g/mol. The van der Waals surface area contributed by atoms with E-state index in [2.05, 4.69) is 15.4 Å². The summed E-state index contributed by atoms with van der Waals surface area (Å²) >= 11 is 0. The van der Waals surface area contributed by atoms with Crippen molar-refractivity contribution in [3.05, 3.63) is 35.8 Å². The molecule has 25 heavy (non-hydrogen) atoms. The van der Waals surface area contributed by atoms with Crippen LogP contribution in [0.1, 0.15) is 43.5 Å². The first-order valence-electron chi connectivity index (χ1n) is 8.08. The fourth-order valence-electron chi connectivity index (χ4n) is 3.11. The van der Waals surface area contributed by atoms with Crippen LogP contribution in [-0.2, 0) is 4.79 Å². The zero-order chi connectivity index (χ0) is 16.4. The second kappa shape index (κ2) is 8.65. The standard InChI is InChI=1S/C17H23N5O.2ClH/c1-12-10-13(2)22(21-12)15-7-6-14(11-19-15)20-16(23)17(18)8-4-3-5-9-17;;/h6-7,10-11H,3-5,8-9,18H2,1-2H3,(H,20,23);2*1H. The molecule has 6 nitrogen and oxygen atoms in total. The minimum Gasteiger partial charge on any atom is -0.323 e. The number of aryl methyl sites for hydroxylation is 2. The van der Waals surface area contributed by atoms with Crippen LogP contribution in [0.25, 0.3) is 5.82 Å². The first-order chi connectivity index (χ1) is 11.0.